The van der Waals surface area contributed by atoms with Crippen LogP contribution in [0.2, 0.25) is 0 Å². The predicted molar refractivity (Wildman–Crippen MR) is 120 cm³/mol. The summed E-state index contributed by atoms with van der Waals surface area (Å²) in [6.45, 7) is 2.43. The Labute approximate surface area is 178 Å². The summed E-state index contributed by atoms with van der Waals surface area (Å²) in [4.78, 5) is 14.9. The zero-order valence-electron chi connectivity index (χ0n) is 16.5. The Hall–Kier alpha value is -2.36. The number of thiazole rings is 1. The van der Waals surface area contributed by atoms with Gasteiger partial charge in [-0.3, -0.25) is 0 Å². The van der Waals surface area contributed by atoms with E-state index in [1.165, 1.54) is 16.6 Å². The first-order valence-corrected chi connectivity index (χ1v) is 11.2. The van der Waals surface area contributed by atoms with Gasteiger partial charge in [-0.25, -0.2) is 15.0 Å². The maximum absolute atomic E-state index is 8.96. The monoisotopic (exact) mass is 431 g/mol. The molecule has 0 saturated heterocycles. The molecule has 7 nitrogen and oxygen atoms in total. The first-order chi connectivity index (χ1) is 14.1. The van der Waals surface area contributed by atoms with Crippen molar-refractivity contribution < 1.29 is 9.84 Å². The number of nitrogens with zero attached hydrogens (tertiary/aromatic N) is 3. The Kier molecular flexibility index (Phi) is 7.68. The van der Waals surface area contributed by atoms with Crippen molar-refractivity contribution in [3.05, 3.63) is 40.9 Å². The molecule has 2 heterocycles. The molecular formula is C20H25N5O2S2. The topological polar surface area (TPSA) is 106 Å². The molecule has 0 unspecified atom stereocenters. The number of aryl methyl sites for hydroxylation is 1. The van der Waals surface area contributed by atoms with E-state index in [4.69, 9.17) is 20.6 Å². The number of nitrogens with one attached hydrogen (secondary N) is 1. The first kappa shape index (κ1) is 21.4. The SMILES string of the molecule is CCCc1sc(-c2cccc(OCCO)c2)nc1CSc1nc(N)cc(NC)n1. The largest absolute Gasteiger partial charge is 0.491 e. The van der Waals surface area contributed by atoms with Gasteiger partial charge in [0.15, 0.2) is 5.16 Å². The molecule has 4 N–H and O–H groups in total. The van der Waals surface area contributed by atoms with Crippen molar-refractivity contribution >= 4 is 34.7 Å². The number of aliphatic hydroxyl groups is 1. The molecule has 0 bridgehead atoms. The molecule has 0 aliphatic rings. The summed E-state index contributed by atoms with van der Waals surface area (Å²) in [5, 5.41) is 13.5. The fourth-order valence-corrected chi connectivity index (χ4v) is 4.80. The van der Waals surface area contributed by atoms with Crippen LogP contribution in [0.25, 0.3) is 10.6 Å². The van der Waals surface area contributed by atoms with E-state index < -0.39 is 0 Å². The Bertz CT molecular complexity index is 948. The van der Waals surface area contributed by atoms with E-state index in [1.807, 2.05) is 24.3 Å². The van der Waals surface area contributed by atoms with E-state index in [0.717, 1.165) is 34.9 Å². The Morgan fingerprint density at radius 3 is 2.86 bits per heavy atom. The van der Waals surface area contributed by atoms with Gasteiger partial charge in [-0.15, -0.1) is 11.3 Å². The maximum Gasteiger partial charge on any atom is 0.191 e. The van der Waals surface area contributed by atoms with Crippen LogP contribution >= 0.6 is 23.1 Å². The lowest BCUT2D eigenvalue weighted by Crippen LogP contribution is -2.01. The summed E-state index contributed by atoms with van der Waals surface area (Å²) >= 11 is 3.24. The number of aliphatic hydroxyl groups excluding tert-OH is 1. The van der Waals surface area contributed by atoms with Crippen molar-refractivity contribution in [3.8, 4) is 16.3 Å². The summed E-state index contributed by atoms with van der Waals surface area (Å²) in [5.41, 5.74) is 7.93. The molecular weight excluding hydrogens is 406 g/mol. The van der Waals surface area contributed by atoms with Crippen LogP contribution in [-0.2, 0) is 12.2 Å². The minimum absolute atomic E-state index is 0.00909. The standard InChI is InChI=1S/C20H25N5O2S2/c1-3-5-16-15(12-28-20-24-17(21)11-18(22-2)25-20)23-19(29-16)13-6-4-7-14(10-13)27-9-8-26/h4,6-7,10-11,26H,3,5,8-9,12H2,1-2H3,(H3,21,22,24,25). The quantitative estimate of drug-likeness (QED) is 0.328. The molecule has 0 spiro atoms. The number of anilines is 2. The zero-order valence-corrected chi connectivity index (χ0v) is 18.1. The van der Waals surface area contributed by atoms with Gasteiger partial charge in [0.1, 0.15) is 29.0 Å². The minimum atomic E-state index is -0.00909. The average molecular weight is 432 g/mol. The third-order valence-corrected chi connectivity index (χ3v) is 6.08. The van der Waals surface area contributed by atoms with E-state index >= 15 is 0 Å². The van der Waals surface area contributed by atoms with Crippen LogP contribution in [-0.4, -0.2) is 40.3 Å². The van der Waals surface area contributed by atoms with Crippen LogP contribution < -0.4 is 15.8 Å². The van der Waals surface area contributed by atoms with Gasteiger partial charge in [0.25, 0.3) is 0 Å². The highest BCUT2D eigenvalue weighted by molar-refractivity contribution is 7.98. The fraction of sp³-hybridized carbons (Fsp3) is 0.350. The highest BCUT2D eigenvalue weighted by Gasteiger charge is 2.14. The van der Waals surface area contributed by atoms with Crippen molar-refractivity contribution in [3.63, 3.8) is 0 Å². The maximum atomic E-state index is 8.96. The van der Waals surface area contributed by atoms with Gasteiger partial charge in [-0.2, -0.15) is 0 Å². The smallest absolute Gasteiger partial charge is 0.191 e. The van der Waals surface area contributed by atoms with E-state index in [9.17, 15) is 0 Å². The second-order valence-corrected chi connectivity index (χ2v) is 8.26. The van der Waals surface area contributed by atoms with Gasteiger partial charge in [0, 0.05) is 29.3 Å². The number of nitrogen functional groups attached to an aromatic ring is 1. The van der Waals surface area contributed by atoms with Gasteiger partial charge < -0.3 is 20.9 Å². The van der Waals surface area contributed by atoms with Crippen LogP contribution in [0.15, 0.2) is 35.5 Å². The molecule has 3 rings (SSSR count). The molecule has 0 saturated carbocycles. The number of hydrogen-bond acceptors (Lipinski definition) is 9. The molecule has 3 aromatic rings. The van der Waals surface area contributed by atoms with Crippen LogP contribution in [0.5, 0.6) is 5.75 Å². The Morgan fingerprint density at radius 2 is 2.10 bits per heavy atom. The van der Waals surface area contributed by atoms with E-state index in [0.29, 0.717) is 22.5 Å². The van der Waals surface area contributed by atoms with Crippen molar-refractivity contribution in [2.75, 3.05) is 31.3 Å². The number of thioether (sulfide) groups is 1. The van der Waals surface area contributed by atoms with Crippen molar-refractivity contribution in [2.45, 2.75) is 30.7 Å². The molecule has 29 heavy (non-hydrogen) atoms. The number of rotatable bonds is 10. The lowest BCUT2D eigenvalue weighted by molar-refractivity contribution is 0.201. The van der Waals surface area contributed by atoms with Gasteiger partial charge in [0.2, 0.25) is 0 Å². The molecule has 0 aliphatic heterocycles. The molecule has 0 atom stereocenters. The molecule has 1 aromatic carbocycles. The number of hydrogen-bond donors (Lipinski definition) is 3. The zero-order chi connectivity index (χ0) is 20.6. The van der Waals surface area contributed by atoms with Gasteiger partial charge in [-0.05, 0) is 18.6 Å². The highest BCUT2D eigenvalue weighted by atomic mass is 32.2. The normalized spacial score (nSPS) is 10.9. The average Bonchev–Trinajstić information content (AvgIpc) is 3.13. The second kappa shape index (κ2) is 10.4. The second-order valence-electron chi connectivity index (χ2n) is 6.24. The summed E-state index contributed by atoms with van der Waals surface area (Å²) < 4.78 is 5.53. The highest BCUT2D eigenvalue weighted by Crippen LogP contribution is 2.33. The summed E-state index contributed by atoms with van der Waals surface area (Å²) in [6, 6.07) is 9.52. The predicted octanol–water partition coefficient (Wildman–Crippen LogP) is 3.84. The molecule has 2 aromatic heterocycles. The third kappa shape index (κ3) is 5.81. The van der Waals surface area contributed by atoms with Crippen LogP contribution in [0.3, 0.4) is 0 Å². The molecule has 0 amide bonds. The number of ether oxygens (including phenoxy) is 1. The lowest BCUT2D eigenvalue weighted by atomic mass is 10.2. The molecule has 0 radical (unpaired) electrons. The van der Waals surface area contributed by atoms with E-state index in [1.54, 1.807) is 24.5 Å². The van der Waals surface area contributed by atoms with Crippen molar-refractivity contribution in [1.82, 2.24) is 15.0 Å². The van der Waals surface area contributed by atoms with E-state index in [2.05, 4.69) is 22.2 Å². The van der Waals surface area contributed by atoms with Crippen LogP contribution in [0.4, 0.5) is 11.6 Å². The van der Waals surface area contributed by atoms with Gasteiger partial charge in [0.05, 0.1) is 12.3 Å². The lowest BCUT2D eigenvalue weighted by Gasteiger charge is -2.05. The van der Waals surface area contributed by atoms with Crippen molar-refractivity contribution in [1.29, 1.82) is 0 Å². The Morgan fingerprint density at radius 1 is 1.24 bits per heavy atom. The fourth-order valence-electron chi connectivity index (χ4n) is 2.69. The van der Waals surface area contributed by atoms with Gasteiger partial charge in [-0.1, -0.05) is 37.2 Å². The van der Waals surface area contributed by atoms with Crippen LogP contribution in [0, 0.1) is 0 Å². The third-order valence-electron chi connectivity index (χ3n) is 4.02. The molecule has 0 fully saturated rings. The molecule has 9 heteroatoms. The summed E-state index contributed by atoms with van der Waals surface area (Å²) in [7, 11) is 1.81. The van der Waals surface area contributed by atoms with Crippen LogP contribution in [0.1, 0.15) is 23.9 Å². The number of benzene rings is 1. The summed E-state index contributed by atoms with van der Waals surface area (Å²) in [6.07, 6.45) is 2.03. The van der Waals surface area contributed by atoms with Gasteiger partial charge >= 0.3 is 0 Å². The number of nitrogens with two attached hydrogens (primary N) is 1. The molecule has 154 valence electrons. The number of aromatic nitrogens is 3. The molecule has 0 aliphatic carbocycles. The van der Waals surface area contributed by atoms with Crippen molar-refractivity contribution in [2.24, 2.45) is 0 Å². The first-order valence-electron chi connectivity index (χ1n) is 9.40. The van der Waals surface area contributed by atoms with E-state index in [-0.39, 0.29) is 13.2 Å². The summed E-state index contributed by atoms with van der Waals surface area (Å²) in [5.74, 6) is 2.55. The Balaban J connectivity index is 1.81. The minimum Gasteiger partial charge on any atom is -0.491 e.